The third-order valence-electron chi connectivity index (χ3n) is 2.42. The van der Waals surface area contributed by atoms with Crippen molar-refractivity contribution in [2.24, 2.45) is 0 Å². The summed E-state index contributed by atoms with van der Waals surface area (Å²) in [4.78, 5) is 11.2. The molecular weight excluding hydrogens is 273 g/mol. The number of hydrogen-bond acceptors (Lipinski definition) is 3. The molecule has 6 heteroatoms. The molecule has 0 amide bonds. The van der Waals surface area contributed by atoms with Crippen molar-refractivity contribution in [1.29, 1.82) is 0 Å². The lowest BCUT2D eigenvalue weighted by molar-refractivity contribution is -0.274. The fourth-order valence-corrected chi connectivity index (χ4v) is 1.49. The van der Waals surface area contributed by atoms with Gasteiger partial charge in [-0.05, 0) is 37.1 Å². The maximum absolute atomic E-state index is 12.0. The van der Waals surface area contributed by atoms with Gasteiger partial charge in [0.1, 0.15) is 5.75 Å². The van der Waals surface area contributed by atoms with Gasteiger partial charge in [0.2, 0.25) is 0 Å². The van der Waals surface area contributed by atoms with Crippen molar-refractivity contribution in [2.75, 3.05) is 6.61 Å². The second kappa shape index (κ2) is 6.98. The quantitative estimate of drug-likeness (QED) is 0.770. The molecule has 0 radical (unpaired) electrons. The fraction of sp³-hybridized carbons (Fsp3) is 0.357. The Hall–Kier alpha value is -1.98. The van der Waals surface area contributed by atoms with E-state index in [9.17, 15) is 18.0 Å². The number of esters is 1. The van der Waals surface area contributed by atoms with Gasteiger partial charge in [0.05, 0.1) is 13.0 Å². The Bertz CT molecular complexity index is 475. The Labute approximate surface area is 115 Å². The lowest BCUT2D eigenvalue weighted by Gasteiger charge is -2.09. The lowest BCUT2D eigenvalue weighted by atomic mass is 10.1. The number of carbonyl (C=O) groups is 1. The number of allylic oxidation sites excluding steroid dienone is 1. The summed E-state index contributed by atoms with van der Waals surface area (Å²) in [6, 6.07) is 5.45. The first-order valence-corrected chi connectivity index (χ1v) is 6.00. The van der Waals surface area contributed by atoms with E-state index in [1.54, 1.807) is 19.9 Å². The van der Waals surface area contributed by atoms with E-state index in [0.29, 0.717) is 12.2 Å². The Kier molecular flexibility index (Phi) is 5.61. The van der Waals surface area contributed by atoms with E-state index in [1.807, 2.05) is 0 Å². The van der Waals surface area contributed by atoms with Gasteiger partial charge in [-0.25, -0.2) is 0 Å². The van der Waals surface area contributed by atoms with Crippen LogP contribution in [-0.4, -0.2) is 18.9 Å². The van der Waals surface area contributed by atoms with Crippen LogP contribution in [0.1, 0.15) is 25.8 Å². The highest BCUT2D eigenvalue weighted by Crippen LogP contribution is 2.24. The molecule has 110 valence electrons. The average molecular weight is 288 g/mol. The molecule has 0 aliphatic heterocycles. The molecular formula is C14H15F3O3. The molecule has 0 aliphatic carbocycles. The zero-order valence-corrected chi connectivity index (χ0v) is 11.2. The minimum absolute atomic E-state index is 0.125. The molecule has 1 rings (SSSR count). The largest absolute Gasteiger partial charge is 0.573 e. The summed E-state index contributed by atoms with van der Waals surface area (Å²) in [6.07, 6.45) is -2.91. The van der Waals surface area contributed by atoms with Gasteiger partial charge >= 0.3 is 12.3 Å². The Morgan fingerprint density at radius 3 is 2.35 bits per heavy atom. The summed E-state index contributed by atoms with van der Waals surface area (Å²) in [7, 11) is 0. The monoisotopic (exact) mass is 288 g/mol. The third-order valence-corrected chi connectivity index (χ3v) is 2.42. The van der Waals surface area contributed by atoms with Gasteiger partial charge in [-0.1, -0.05) is 18.2 Å². The van der Waals surface area contributed by atoms with Gasteiger partial charge in [0, 0.05) is 0 Å². The first-order chi connectivity index (χ1) is 9.31. The SMILES string of the molecule is CCOC(=O)CC=C(C)c1ccc(OC(F)(F)F)cc1. The molecule has 0 aromatic heterocycles. The second-order valence-electron chi connectivity index (χ2n) is 3.97. The van der Waals surface area contributed by atoms with Gasteiger partial charge in [0.15, 0.2) is 0 Å². The number of carbonyl (C=O) groups excluding carboxylic acids is 1. The normalized spacial score (nSPS) is 12.2. The van der Waals surface area contributed by atoms with Crippen LogP contribution in [0.3, 0.4) is 0 Å². The molecule has 0 saturated heterocycles. The second-order valence-corrected chi connectivity index (χ2v) is 3.97. The van der Waals surface area contributed by atoms with Crippen molar-refractivity contribution >= 4 is 11.5 Å². The van der Waals surface area contributed by atoms with Crippen LogP contribution < -0.4 is 4.74 Å². The van der Waals surface area contributed by atoms with Crippen LogP contribution in [0.25, 0.3) is 5.57 Å². The molecule has 0 spiro atoms. The Balaban J connectivity index is 2.68. The number of hydrogen-bond donors (Lipinski definition) is 0. The van der Waals surface area contributed by atoms with Crippen LogP contribution in [0.15, 0.2) is 30.3 Å². The van der Waals surface area contributed by atoms with Crippen LogP contribution in [0, 0.1) is 0 Å². The average Bonchev–Trinajstić information content (AvgIpc) is 2.35. The van der Waals surface area contributed by atoms with Crippen molar-refractivity contribution in [2.45, 2.75) is 26.6 Å². The van der Waals surface area contributed by atoms with Gasteiger partial charge in [0.25, 0.3) is 0 Å². The molecule has 0 atom stereocenters. The van der Waals surface area contributed by atoms with E-state index in [4.69, 9.17) is 4.74 Å². The molecule has 0 heterocycles. The summed E-state index contributed by atoms with van der Waals surface area (Å²) >= 11 is 0. The van der Waals surface area contributed by atoms with Crippen LogP contribution in [0.4, 0.5) is 13.2 Å². The first-order valence-electron chi connectivity index (χ1n) is 6.00. The molecule has 0 unspecified atom stereocenters. The maximum Gasteiger partial charge on any atom is 0.573 e. The Morgan fingerprint density at radius 1 is 1.25 bits per heavy atom. The van der Waals surface area contributed by atoms with E-state index in [0.717, 1.165) is 5.57 Å². The van der Waals surface area contributed by atoms with Gasteiger partial charge in [-0.15, -0.1) is 13.2 Å². The van der Waals surface area contributed by atoms with Crippen LogP contribution >= 0.6 is 0 Å². The van der Waals surface area contributed by atoms with Crippen LogP contribution in [0.2, 0.25) is 0 Å². The molecule has 0 N–H and O–H groups in total. The van der Waals surface area contributed by atoms with E-state index < -0.39 is 6.36 Å². The number of ether oxygens (including phenoxy) is 2. The molecule has 3 nitrogen and oxygen atoms in total. The van der Waals surface area contributed by atoms with Crippen molar-refractivity contribution in [3.05, 3.63) is 35.9 Å². The fourth-order valence-electron chi connectivity index (χ4n) is 1.49. The van der Waals surface area contributed by atoms with E-state index in [1.165, 1.54) is 24.3 Å². The molecule has 20 heavy (non-hydrogen) atoms. The zero-order chi connectivity index (χ0) is 15.2. The highest BCUT2D eigenvalue weighted by molar-refractivity contribution is 5.75. The minimum atomic E-state index is -4.70. The van der Waals surface area contributed by atoms with E-state index >= 15 is 0 Å². The van der Waals surface area contributed by atoms with Gasteiger partial charge < -0.3 is 9.47 Å². The van der Waals surface area contributed by atoms with Crippen molar-refractivity contribution in [1.82, 2.24) is 0 Å². The first kappa shape index (κ1) is 16.1. The van der Waals surface area contributed by atoms with Gasteiger partial charge in [-0.3, -0.25) is 4.79 Å². The third kappa shape index (κ3) is 5.77. The van der Waals surface area contributed by atoms with Gasteiger partial charge in [-0.2, -0.15) is 0 Å². The van der Waals surface area contributed by atoms with E-state index in [-0.39, 0.29) is 18.1 Å². The highest BCUT2D eigenvalue weighted by Gasteiger charge is 2.30. The number of alkyl halides is 3. The number of halogens is 3. The molecule has 0 aliphatic rings. The summed E-state index contributed by atoms with van der Waals surface area (Å²) in [6.45, 7) is 3.79. The predicted molar refractivity (Wildman–Crippen MR) is 68.0 cm³/mol. The predicted octanol–water partition coefficient (Wildman–Crippen LogP) is 3.94. The molecule has 0 bridgehead atoms. The van der Waals surface area contributed by atoms with Crippen molar-refractivity contribution < 1.29 is 27.4 Å². The number of rotatable bonds is 5. The van der Waals surface area contributed by atoms with Crippen molar-refractivity contribution in [3.63, 3.8) is 0 Å². The standard InChI is InChI=1S/C14H15F3O3/c1-3-19-13(18)9-4-10(2)11-5-7-12(8-6-11)20-14(15,16)17/h4-8H,3,9H2,1-2H3. The molecule has 0 saturated carbocycles. The summed E-state index contributed by atoms with van der Waals surface area (Å²) < 4.78 is 44.5. The molecule has 0 fully saturated rings. The smallest absolute Gasteiger partial charge is 0.466 e. The topological polar surface area (TPSA) is 35.5 Å². The summed E-state index contributed by atoms with van der Waals surface area (Å²) in [5, 5.41) is 0. The number of benzene rings is 1. The highest BCUT2D eigenvalue weighted by atomic mass is 19.4. The lowest BCUT2D eigenvalue weighted by Crippen LogP contribution is -2.16. The zero-order valence-electron chi connectivity index (χ0n) is 11.2. The summed E-state index contributed by atoms with van der Waals surface area (Å²) in [5.41, 5.74) is 1.49. The molecule has 1 aromatic carbocycles. The Morgan fingerprint density at radius 2 is 1.85 bits per heavy atom. The molecule has 1 aromatic rings. The van der Waals surface area contributed by atoms with Crippen LogP contribution in [-0.2, 0) is 9.53 Å². The van der Waals surface area contributed by atoms with E-state index in [2.05, 4.69) is 4.74 Å². The summed E-state index contributed by atoms with van der Waals surface area (Å²) in [5.74, 6) is -0.622. The minimum Gasteiger partial charge on any atom is -0.466 e. The maximum atomic E-state index is 12.0. The van der Waals surface area contributed by atoms with Crippen LogP contribution in [0.5, 0.6) is 5.75 Å². The van der Waals surface area contributed by atoms with Crippen molar-refractivity contribution in [3.8, 4) is 5.75 Å².